The third kappa shape index (κ3) is 2.60. The second-order valence-corrected chi connectivity index (χ2v) is 4.42. The van der Waals surface area contributed by atoms with Crippen LogP contribution in [0, 0.1) is 11.3 Å². The summed E-state index contributed by atoms with van der Waals surface area (Å²) in [6.07, 6.45) is 0. The Balaban J connectivity index is 3.34. The highest BCUT2D eigenvalue weighted by atomic mass is 32.2. The third-order valence-corrected chi connectivity index (χ3v) is 3.37. The van der Waals surface area contributed by atoms with Crippen molar-refractivity contribution < 1.29 is 4.74 Å². The van der Waals surface area contributed by atoms with Crippen LogP contribution in [-0.4, -0.2) is 28.6 Å². The van der Waals surface area contributed by atoms with Crippen LogP contribution in [0.5, 0.6) is 0 Å². The van der Waals surface area contributed by atoms with Crippen molar-refractivity contribution in [1.29, 1.82) is 5.26 Å². The van der Waals surface area contributed by atoms with E-state index in [1.54, 1.807) is 7.11 Å². The van der Waals surface area contributed by atoms with Crippen molar-refractivity contribution in [3.63, 3.8) is 0 Å². The number of thioether (sulfide) groups is 1. The molecule has 6 nitrogen and oxygen atoms in total. The van der Waals surface area contributed by atoms with Gasteiger partial charge in [0.2, 0.25) is 0 Å². The molecule has 0 atom stereocenters. The summed E-state index contributed by atoms with van der Waals surface area (Å²) in [5.41, 5.74) is -1.000. The maximum Gasteiger partial charge on any atom is 0.331 e. The summed E-state index contributed by atoms with van der Waals surface area (Å²) < 4.78 is 7.12. The van der Waals surface area contributed by atoms with Crippen LogP contribution >= 0.6 is 11.8 Å². The summed E-state index contributed by atoms with van der Waals surface area (Å²) in [7, 11) is 4.46. The number of hydrogen-bond donors (Lipinski definition) is 0. The zero-order chi connectivity index (χ0) is 13.0. The molecule has 7 heteroatoms. The van der Waals surface area contributed by atoms with Crippen LogP contribution in [-0.2, 0) is 18.8 Å². The monoisotopic (exact) mass is 255 g/mol. The van der Waals surface area contributed by atoms with Crippen molar-refractivity contribution in [1.82, 2.24) is 9.13 Å². The predicted octanol–water partition coefficient (Wildman–Crippen LogP) is -0.306. The summed E-state index contributed by atoms with van der Waals surface area (Å²) in [5, 5.41) is 9.36. The molecule has 0 unspecified atom stereocenters. The Labute approximate surface area is 102 Å². The highest BCUT2D eigenvalue weighted by Gasteiger charge is 2.15. The van der Waals surface area contributed by atoms with Gasteiger partial charge >= 0.3 is 5.69 Å². The first kappa shape index (κ1) is 13.5. The highest BCUT2D eigenvalue weighted by molar-refractivity contribution is 7.99. The largest absolute Gasteiger partial charge is 0.384 e. The van der Waals surface area contributed by atoms with Crippen molar-refractivity contribution >= 4 is 11.8 Å². The fourth-order valence-electron chi connectivity index (χ4n) is 1.31. The molecule has 0 saturated heterocycles. The molecule has 1 aromatic heterocycles. The number of methoxy groups -OCH3 is 1. The summed E-state index contributed by atoms with van der Waals surface area (Å²) in [6.45, 7) is 0.485. The maximum atomic E-state index is 11.7. The number of nitrogens with zero attached hydrogens (tertiary/aromatic N) is 3. The first-order valence-corrected chi connectivity index (χ1v) is 5.85. The SMILES string of the molecule is COCCSc1c(C#N)c(=O)n(C)c(=O)n1C. The average Bonchev–Trinajstić information content (AvgIpc) is 2.33. The van der Waals surface area contributed by atoms with Gasteiger partial charge in [-0.2, -0.15) is 5.26 Å². The second kappa shape index (κ2) is 5.70. The van der Waals surface area contributed by atoms with E-state index in [0.717, 1.165) is 4.57 Å². The van der Waals surface area contributed by atoms with E-state index in [1.807, 2.05) is 6.07 Å². The normalized spacial score (nSPS) is 10.2. The van der Waals surface area contributed by atoms with Gasteiger partial charge in [0.25, 0.3) is 5.56 Å². The fraction of sp³-hybridized carbons (Fsp3) is 0.500. The molecule has 0 fully saturated rings. The van der Waals surface area contributed by atoms with E-state index < -0.39 is 11.2 Å². The summed E-state index contributed by atoms with van der Waals surface area (Å²) in [5.74, 6) is 0.575. The minimum Gasteiger partial charge on any atom is -0.384 e. The molecule has 0 aliphatic heterocycles. The van der Waals surface area contributed by atoms with Gasteiger partial charge in [-0.05, 0) is 0 Å². The van der Waals surface area contributed by atoms with Crippen molar-refractivity contribution in [3.05, 3.63) is 26.4 Å². The Kier molecular flexibility index (Phi) is 4.54. The molecule has 1 aromatic rings. The lowest BCUT2D eigenvalue weighted by atomic mass is 10.3. The Morgan fingerprint density at radius 2 is 2.00 bits per heavy atom. The number of aromatic nitrogens is 2. The Hall–Kier alpha value is -1.52. The molecule has 0 amide bonds. The molecular weight excluding hydrogens is 242 g/mol. The maximum absolute atomic E-state index is 11.7. The predicted molar refractivity (Wildman–Crippen MR) is 64.2 cm³/mol. The molecule has 92 valence electrons. The van der Waals surface area contributed by atoms with Gasteiger partial charge < -0.3 is 4.74 Å². The molecule has 0 bridgehead atoms. The zero-order valence-corrected chi connectivity index (χ0v) is 10.7. The average molecular weight is 255 g/mol. The van der Waals surface area contributed by atoms with E-state index in [0.29, 0.717) is 17.4 Å². The molecule has 0 N–H and O–H groups in total. The first-order chi connectivity index (χ1) is 8.04. The van der Waals surface area contributed by atoms with Crippen LogP contribution in [0.15, 0.2) is 14.6 Å². The molecule has 0 radical (unpaired) electrons. The van der Waals surface area contributed by atoms with Crippen molar-refractivity contribution in [2.45, 2.75) is 5.03 Å². The summed E-state index contributed by atoms with van der Waals surface area (Å²) in [6, 6.07) is 1.84. The Morgan fingerprint density at radius 1 is 1.35 bits per heavy atom. The molecule has 0 aliphatic carbocycles. The smallest absolute Gasteiger partial charge is 0.331 e. The summed E-state index contributed by atoms with van der Waals surface area (Å²) in [4.78, 5) is 23.4. The lowest BCUT2D eigenvalue weighted by molar-refractivity contribution is 0.218. The zero-order valence-electron chi connectivity index (χ0n) is 9.89. The molecule has 17 heavy (non-hydrogen) atoms. The van der Waals surface area contributed by atoms with Crippen molar-refractivity contribution in [2.75, 3.05) is 19.5 Å². The van der Waals surface area contributed by atoms with Crippen molar-refractivity contribution in [3.8, 4) is 6.07 Å². The van der Waals surface area contributed by atoms with Crippen LogP contribution in [0.25, 0.3) is 0 Å². The lowest BCUT2D eigenvalue weighted by Gasteiger charge is -2.10. The topological polar surface area (TPSA) is 77.0 Å². The van der Waals surface area contributed by atoms with Gasteiger partial charge in [-0.1, -0.05) is 0 Å². The van der Waals surface area contributed by atoms with E-state index in [1.165, 1.54) is 30.4 Å². The quantitative estimate of drug-likeness (QED) is 0.419. The minimum absolute atomic E-state index is 0.00398. The van der Waals surface area contributed by atoms with Gasteiger partial charge in [0.1, 0.15) is 16.7 Å². The number of nitriles is 1. The molecule has 1 heterocycles. The first-order valence-electron chi connectivity index (χ1n) is 4.86. The van der Waals surface area contributed by atoms with Crippen LogP contribution in [0.2, 0.25) is 0 Å². The van der Waals surface area contributed by atoms with Crippen LogP contribution < -0.4 is 11.2 Å². The van der Waals surface area contributed by atoms with Crippen LogP contribution in [0.4, 0.5) is 0 Å². The number of hydrogen-bond acceptors (Lipinski definition) is 5. The van der Waals surface area contributed by atoms with E-state index in [9.17, 15) is 9.59 Å². The number of rotatable bonds is 4. The van der Waals surface area contributed by atoms with E-state index in [2.05, 4.69) is 0 Å². The fourth-order valence-corrected chi connectivity index (χ4v) is 2.30. The summed E-state index contributed by atoms with van der Waals surface area (Å²) >= 11 is 1.26. The minimum atomic E-state index is -0.560. The Bertz CT molecular complexity index is 568. The highest BCUT2D eigenvalue weighted by Crippen LogP contribution is 2.17. The van der Waals surface area contributed by atoms with Gasteiger partial charge in [-0.25, -0.2) is 4.79 Å². The molecule has 0 aliphatic rings. The lowest BCUT2D eigenvalue weighted by Crippen LogP contribution is -2.39. The van der Waals surface area contributed by atoms with E-state index in [4.69, 9.17) is 10.00 Å². The van der Waals surface area contributed by atoms with Crippen molar-refractivity contribution in [2.24, 2.45) is 14.1 Å². The number of ether oxygens (including phenoxy) is 1. The molecule has 0 aromatic carbocycles. The molecular formula is C10H13N3O3S. The van der Waals surface area contributed by atoms with Gasteiger partial charge in [-0.3, -0.25) is 13.9 Å². The molecule has 1 rings (SSSR count). The second-order valence-electron chi connectivity index (χ2n) is 3.34. The molecule has 0 spiro atoms. The standard InChI is InChI=1S/C10H13N3O3S/c1-12-8(14)7(6-11)9(13(2)10(12)15)17-5-4-16-3/h4-5H2,1-3H3. The van der Waals surface area contributed by atoms with E-state index in [-0.39, 0.29) is 5.56 Å². The van der Waals surface area contributed by atoms with E-state index >= 15 is 0 Å². The Morgan fingerprint density at radius 3 is 2.53 bits per heavy atom. The van der Waals surface area contributed by atoms with Crippen LogP contribution in [0.1, 0.15) is 5.56 Å². The third-order valence-electron chi connectivity index (χ3n) is 2.25. The van der Waals surface area contributed by atoms with Gasteiger partial charge in [0, 0.05) is 27.0 Å². The van der Waals surface area contributed by atoms with Gasteiger partial charge in [0.15, 0.2) is 0 Å². The molecule has 0 saturated carbocycles. The van der Waals surface area contributed by atoms with Crippen LogP contribution in [0.3, 0.4) is 0 Å². The van der Waals surface area contributed by atoms with Gasteiger partial charge in [0.05, 0.1) is 6.61 Å². The van der Waals surface area contributed by atoms with Gasteiger partial charge in [-0.15, -0.1) is 11.8 Å².